The minimum absolute atomic E-state index is 0.203. The van der Waals surface area contributed by atoms with Gasteiger partial charge in [0.15, 0.2) is 0 Å². The molecular formula is C16H23N5. The summed E-state index contributed by atoms with van der Waals surface area (Å²) in [6.07, 6.45) is 5.57. The predicted octanol–water partition coefficient (Wildman–Crippen LogP) is 1.97. The van der Waals surface area contributed by atoms with Crippen molar-refractivity contribution in [3.63, 3.8) is 0 Å². The molecule has 0 bridgehead atoms. The molecule has 1 aromatic carbocycles. The lowest BCUT2D eigenvalue weighted by Gasteiger charge is -2.37. The highest BCUT2D eigenvalue weighted by atomic mass is 15.5. The Labute approximate surface area is 125 Å². The molecule has 2 atom stereocenters. The topological polar surface area (TPSA) is 60.0 Å². The highest BCUT2D eigenvalue weighted by molar-refractivity contribution is 5.28. The molecule has 21 heavy (non-hydrogen) atoms. The summed E-state index contributed by atoms with van der Waals surface area (Å²) >= 11 is 0. The van der Waals surface area contributed by atoms with Gasteiger partial charge >= 0.3 is 0 Å². The molecule has 5 nitrogen and oxygen atoms in total. The number of hydrogen-bond acceptors (Lipinski definition) is 4. The Kier molecular flexibility index (Phi) is 4.31. The van der Waals surface area contributed by atoms with Gasteiger partial charge in [-0.25, -0.2) is 0 Å². The standard InChI is InChI=1S/C16H23N5/c1-13(17)16-9-5-6-10-20(16)12-14-11-18-21(19-14)15-7-3-2-4-8-15/h2-4,7-8,11,13,16H,5-6,9-10,12,17H2,1H3. The van der Waals surface area contributed by atoms with Gasteiger partial charge in [0.2, 0.25) is 0 Å². The van der Waals surface area contributed by atoms with Crippen LogP contribution in [0.5, 0.6) is 0 Å². The minimum Gasteiger partial charge on any atom is -0.327 e. The van der Waals surface area contributed by atoms with Crippen molar-refractivity contribution in [2.45, 2.75) is 44.8 Å². The normalized spacial score (nSPS) is 21.3. The summed E-state index contributed by atoms with van der Waals surface area (Å²) in [5.41, 5.74) is 8.12. The third-order valence-electron chi connectivity index (χ3n) is 4.16. The summed E-state index contributed by atoms with van der Waals surface area (Å²) in [4.78, 5) is 4.15. The van der Waals surface area contributed by atoms with Crippen LogP contribution in [0.1, 0.15) is 31.9 Å². The molecule has 2 aromatic rings. The second kappa shape index (κ2) is 6.37. The van der Waals surface area contributed by atoms with Crippen molar-refractivity contribution in [2.75, 3.05) is 6.54 Å². The van der Waals surface area contributed by atoms with Gasteiger partial charge in [0.05, 0.1) is 17.6 Å². The number of nitrogens with two attached hydrogens (primary N) is 1. The van der Waals surface area contributed by atoms with Crippen molar-refractivity contribution >= 4 is 0 Å². The molecule has 0 saturated carbocycles. The molecule has 2 unspecified atom stereocenters. The van der Waals surface area contributed by atoms with Crippen LogP contribution in [0.4, 0.5) is 0 Å². The summed E-state index contributed by atoms with van der Waals surface area (Å²) in [5.74, 6) is 0. The van der Waals surface area contributed by atoms with E-state index >= 15 is 0 Å². The Balaban J connectivity index is 1.72. The van der Waals surface area contributed by atoms with Gasteiger partial charge in [0.25, 0.3) is 0 Å². The second-order valence-electron chi connectivity index (χ2n) is 5.85. The number of aromatic nitrogens is 3. The van der Waals surface area contributed by atoms with Crippen LogP contribution in [0.3, 0.4) is 0 Å². The van der Waals surface area contributed by atoms with Crippen molar-refractivity contribution in [2.24, 2.45) is 5.73 Å². The maximum absolute atomic E-state index is 6.12. The minimum atomic E-state index is 0.203. The molecule has 3 rings (SSSR count). The average Bonchev–Trinajstić information content (AvgIpc) is 2.97. The Morgan fingerprint density at radius 1 is 1.29 bits per heavy atom. The fraction of sp³-hybridized carbons (Fsp3) is 0.500. The lowest BCUT2D eigenvalue weighted by Crippen LogP contribution is -2.48. The molecule has 2 heterocycles. The number of rotatable bonds is 4. The van der Waals surface area contributed by atoms with E-state index in [9.17, 15) is 0 Å². The van der Waals surface area contributed by atoms with Crippen molar-refractivity contribution in [3.8, 4) is 5.69 Å². The fourth-order valence-electron chi connectivity index (χ4n) is 3.07. The molecule has 0 spiro atoms. The van der Waals surface area contributed by atoms with E-state index in [0.717, 1.165) is 24.5 Å². The first-order chi connectivity index (χ1) is 10.2. The average molecular weight is 285 g/mol. The van der Waals surface area contributed by atoms with Gasteiger partial charge in [0.1, 0.15) is 0 Å². The van der Waals surface area contributed by atoms with E-state index < -0.39 is 0 Å². The van der Waals surface area contributed by atoms with Gasteiger partial charge in [-0.05, 0) is 38.4 Å². The van der Waals surface area contributed by atoms with Gasteiger partial charge in [0, 0.05) is 18.6 Å². The first-order valence-corrected chi connectivity index (χ1v) is 7.70. The Bertz CT molecular complexity index is 563. The van der Waals surface area contributed by atoms with Gasteiger partial charge < -0.3 is 5.73 Å². The number of hydrogen-bond donors (Lipinski definition) is 1. The molecule has 1 aromatic heterocycles. The first kappa shape index (κ1) is 14.2. The molecule has 0 aliphatic carbocycles. The predicted molar refractivity (Wildman–Crippen MR) is 83.1 cm³/mol. The number of piperidine rings is 1. The summed E-state index contributed by atoms with van der Waals surface area (Å²) in [6.45, 7) is 4.03. The molecule has 1 aliphatic rings. The maximum atomic E-state index is 6.12. The van der Waals surface area contributed by atoms with E-state index in [1.54, 1.807) is 4.80 Å². The van der Waals surface area contributed by atoms with Crippen molar-refractivity contribution in [3.05, 3.63) is 42.2 Å². The van der Waals surface area contributed by atoms with E-state index in [0.29, 0.717) is 6.04 Å². The van der Waals surface area contributed by atoms with Crippen LogP contribution in [0.15, 0.2) is 36.5 Å². The van der Waals surface area contributed by atoms with Gasteiger partial charge in [-0.3, -0.25) is 4.90 Å². The Hall–Kier alpha value is -1.72. The van der Waals surface area contributed by atoms with Gasteiger partial charge in [-0.1, -0.05) is 24.6 Å². The number of likely N-dealkylation sites (tertiary alicyclic amines) is 1. The van der Waals surface area contributed by atoms with E-state index in [1.165, 1.54) is 19.3 Å². The summed E-state index contributed by atoms with van der Waals surface area (Å²) < 4.78 is 0. The zero-order valence-electron chi connectivity index (χ0n) is 12.5. The third kappa shape index (κ3) is 3.31. The van der Waals surface area contributed by atoms with Crippen LogP contribution in [-0.2, 0) is 6.54 Å². The molecule has 1 aliphatic heterocycles. The second-order valence-corrected chi connectivity index (χ2v) is 5.85. The number of para-hydroxylation sites is 1. The zero-order chi connectivity index (χ0) is 14.7. The third-order valence-corrected chi connectivity index (χ3v) is 4.16. The lowest BCUT2D eigenvalue weighted by atomic mass is 9.97. The van der Waals surface area contributed by atoms with Crippen LogP contribution in [0.2, 0.25) is 0 Å². The van der Waals surface area contributed by atoms with E-state index in [2.05, 4.69) is 22.0 Å². The van der Waals surface area contributed by atoms with Gasteiger partial charge in [-0.15, -0.1) is 0 Å². The number of benzene rings is 1. The lowest BCUT2D eigenvalue weighted by molar-refractivity contribution is 0.121. The van der Waals surface area contributed by atoms with Gasteiger partial charge in [-0.2, -0.15) is 15.0 Å². The first-order valence-electron chi connectivity index (χ1n) is 7.70. The summed E-state index contributed by atoms with van der Waals surface area (Å²) in [5, 5.41) is 8.96. The van der Waals surface area contributed by atoms with Crippen LogP contribution >= 0.6 is 0 Å². The molecule has 2 N–H and O–H groups in total. The monoisotopic (exact) mass is 285 g/mol. The molecule has 0 amide bonds. The molecule has 1 saturated heterocycles. The van der Waals surface area contributed by atoms with Crippen LogP contribution < -0.4 is 5.73 Å². The van der Waals surface area contributed by atoms with E-state index in [-0.39, 0.29) is 6.04 Å². The maximum Gasteiger partial charge on any atom is 0.0971 e. The molecule has 5 heteroatoms. The SMILES string of the molecule is CC(N)C1CCCCN1Cc1cnn(-c2ccccc2)n1. The smallest absolute Gasteiger partial charge is 0.0971 e. The van der Waals surface area contributed by atoms with Crippen LogP contribution in [0, 0.1) is 0 Å². The highest BCUT2D eigenvalue weighted by Gasteiger charge is 2.25. The quantitative estimate of drug-likeness (QED) is 0.933. The fourth-order valence-corrected chi connectivity index (χ4v) is 3.07. The Morgan fingerprint density at radius 2 is 2.10 bits per heavy atom. The van der Waals surface area contributed by atoms with E-state index in [4.69, 9.17) is 5.73 Å². The summed E-state index contributed by atoms with van der Waals surface area (Å²) in [7, 11) is 0. The number of nitrogens with zero attached hydrogens (tertiary/aromatic N) is 4. The molecule has 0 radical (unpaired) electrons. The van der Waals surface area contributed by atoms with E-state index in [1.807, 2.05) is 36.5 Å². The van der Waals surface area contributed by atoms with Crippen molar-refractivity contribution in [1.82, 2.24) is 19.9 Å². The molecule has 1 fully saturated rings. The molecular weight excluding hydrogens is 262 g/mol. The van der Waals surface area contributed by atoms with Crippen LogP contribution in [0.25, 0.3) is 5.69 Å². The molecule has 112 valence electrons. The van der Waals surface area contributed by atoms with Crippen molar-refractivity contribution in [1.29, 1.82) is 0 Å². The largest absolute Gasteiger partial charge is 0.327 e. The highest BCUT2D eigenvalue weighted by Crippen LogP contribution is 2.20. The Morgan fingerprint density at radius 3 is 2.86 bits per heavy atom. The van der Waals surface area contributed by atoms with Crippen LogP contribution in [-0.4, -0.2) is 38.5 Å². The van der Waals surface area contributed by atoms with Crippen molar-refractivity contribution < 1.29 is 0 Å². The zero-order valence-corrected chi connectivity index (χ0v) is 12.5. The summed E-state index contributed by atoms with van der Waals surface area (Å²) in [6, 6.07) is 10.7.